The van der Waals surface area contributed by atoms with Crippen LogP contribution < -0.4 is 5.32 Å². The van der Waals surface area contributed by atoms with Crippen molar-refractivity contribution < 1.29 is 0 Å². The number of rotatable bonds is 3. The van der Waals surface area contributed by atoms with Crippen LogP contribution in [0.15, 0.2) is 0 Å². The summed E-state index contributed by atoms with van der Waals surface area (Å²) in [7, 11) is 2.25. The summed E-state index contributed by atoms with van der Waals surface area (Å²) in [5.74, 6) is 2.45. The van der Waals surface area contributed by atoms with Crippen LogP contribution in [0.1, 0.15) is 54.9 Å². The quantitative estimate of drug-likeness (QED) is 0.921. The normalized spacial score (nSPS) is 29.3. The number of aromatic nitrogens is 1. The zero-order valence-electron chi connectivity index (χ0n) is 13.6. The standard InChI is InChI=1S/C16H27N3S2/c1-5-17-11-8-16(2,3)9-12-14(11)21-15(18-12)13-10-20-7-6-19(13)4/h11,13,17H,5-10H2,1-4H3. The van der Waals surface area contributed by atoms with Gasteiger partial charge in [0.25, 0.3) is 0 Å². The van der Waals surface area contributed by atoms with Crippen molar-refractivity contribution in [3.63, 3.8) is 0 Å². The lowest BCUT2D eigenvalue weighted by molar-refractivity contribution is 0.258. The van der Waals surface area contributed by atoms with E-state index >= 15 is 0 Å². The molecule has 1 fully saturated rings. The number of nitrogens with one attached hydrogen (secondary N) is 1. The van der Waals surface area contributed by atoms with E-state index < -0.39 is 0 Å². The van der Waals surface area contributed by atoms with E-state index in [1.165, 1.54) is 40.0 Å². The van der Waals surface area contributed by atoms with Gasteiger partial charge in [0, 0.05) is 29.0 Å². The molecular weight excluding hydrogens is 298 g/mol. The lowest BCUT2D eigenvalue weighted by Gasteiger charge is -2.34. The van der Waals surface area contributed by atoms with Gasteiger partial charge in [-0.25, -0.2) is 4.98 Å². The number of hydrogen-bond acceptors (Lipinski definition) is 5. The minimum Gasteiger partial charge on any atom is -0.309 e. The van der Waals surface area contributed by atoms with E-state index in [-0.39, 0.29) is 0 Å². The molecule has 0 radical (unpaired) electrons. The summed E-state index contributed by atoms with van der Waals surface area (Å²) in [6.45, 7) is 9.17. The Morgan fingerprint density at radius 2 is 2.24 bits per heavy atom. The first kappa shape index (κ1) is 15.8. The van der Waals surface area contributed by atoms with Crippen molar-refractivity contribution in [2.24, 2.45) is 5.41 Å². The molecule has 0 bridgehead atoms. The van der Waals surface area contributed by atoms with Gasteiger partial charge >= 0.3 is 0 Å². The fourth-order valence-corrected chi connectivity index (χ4v) is 6.10. The third kappa shape index (κ3) is 3.31. The van der Waals surface area contributed by atoms with Gasteiger partial charge in [-0.05, 0) is 31.8 Å². The summed E-state index contributed by atoms with van der Waals surface area (Å²) in [6.07, 6.45) is 2.36. The predicted octanol–water partition coefficient (Wildman–Crippen LogP) is 3.49. The predicted molar refractivity (Wildman–Crippen MR) is 93.3 cm³/mol. The average molecular weight is 326 g/mol. The van der Waals surface area contributed by atoms with Crippen LogP contribution in [-0.4, -0.2) is 41.5 Å². The summed E-state index contributed by atoms with van der Waals surface area (Å²) in [5, 5.41) is 5.02. The number of thiazole rings is 1. The molecule has 1 aromatic heterocycles. The Labute approximate surface area is 136 Å². The molecule has 3 nitrogen and oxygen atoms in total. The van der Waals surface area contributed by atoms with Crippen molar-refractivity contribution in [1.29, 1.82) is 0 Å². The molecule has 2 unspecified atom stereocenters. The van der Waals surface area contributed by atoms with E-state index in [0.29, 0.717) is 17.5 Å². The van der Waals surface area contributed by atoms with Crippen molar-refractivity contribution >= 4 is 23.1 Å². The Morgan fingerprint density at radius 3 is 2.95 bits per heavy atom. The van der Waals surface area contributed by atoms with Gasteiger partial charge in [0.15, 0.2) is 0 Å². The molecule has 1 aliphatic carbocycles. The zero-order chi connectivity index (χ0) is 15.0. The van der Waals surface area contributed by atoms with Crippen LogP contribution in [0.2, 0.25) is 0 Å². The maximum absolute atomic E-state index is 5.08. The molecule has 0 amide bonds. The number of thioether (sulfide) groups is 1. The fourth-order valence-electron chi connectivity index (χ4n) is 3.45. The van der Waals surface area contributed by atoms with Crippen LogP contribution in [-0.2, 0) is 6.42 Å². The molecule has 1 N–H and O–H groups in total. The zero-order valence-corrected chi connectivity index (χ0v) is 15.2. The highest BCUT2D eigenvalue weighted by atomic mass is 32.2. The highest BCUT2D eigenvalue weighted by Crippen LogP contribution is 2.44. The van der Waals surface area contributed by atoms with Gasteiger partial charge in [0.05, 0.1) is 11.7 Å². The van der Waals surface area contributed by atoms with Crippen LogP contribution in [0.4, 0.5) is 0 Å². The Kier molecular flexibility index (Phi) is 4.65. The molecule has 1 aliphatic heterocycles. The molecule has 0 saturated carbocycles. The van der Waals surface area contributed by atoms with Crippen LogP contribution in [0.5, 0.6) is 0 Å². The second-order valence-electron chi connectivity index (χ2n) is 7.09. The van der Waals surface area contributed by atoms with E-state index in [1.807, 2.05) is 11.3 Å². The molecule has 3 rings (SSSR count). The Balaban J connectivity index is 1.90. The summed E-state index contributed by atoms with van der Waals surface area (Å²) < 4.78 is 0. The van der Waals surface area contributed by atoms with Crippen molar-refractivity contribution in [3.05, 3.63) is 15.6 Å². The van der Waals surface area contributed by atoms with Gasteiger partial charge in [-0.1, -0.05) is 20.8 Å². The third-order valence-electron chi connectivity index (χ3n) is 4.59. The molecule has 118 valence electrons. The van der Waals surface area contributed by atoms with Crippen molar-refractivity contribution in [3.8, 4) is 0 Å². The average Bonchev–Trinajstić information content (AvgIpc) is 2.81. The number of hydrogen-bond donors (Lipinski definition) is 1. The van der Waals surface area contributed by atoms with Gasteiger partial charge in [-0.3, -0.25) is 4.90 Å². The minimum atomic E-state index is 0.360. The monoisotopic (exact) mass is 325 g/mol. The molecule has 5 heteroatoms. The fraction of sp³-hybridized carbons (Fsp3) is 0.812. The second-order valence-corrected chi connectivity index (χ2v) is 9.30. The molecular formula is C16H27N3S2. The van der Waals surface area contributed by atoms with Crippen LogP contribution in [0.25, 0.3) is 0 Å². The topological polar surface area (TPSA) is 28.2 Å². The largest absolute Gasteiger partial charge is 0.309 e. The summed E-state index contributed by atoms with van der Waals surface area (Å²) in [4.78, 5) is 9.07. The van der Waals surface area contributed by atoms with E-state index in [9.17, 15) is 0 Å². The maximum atomic E-state index is 5.08. The Bertz CT molecular complexity index is 498. The highest BCUT2D eigenvalue weighted by molar-refractivity contribution is 7.99. The second kappa shape index (κ2) is 6.19. The molecule has 21 heavy (non-hydrogen) atoms. The van der Waals surface area contributed by atoms with Gasteiger partial charge in [-0.15, -0.1) is 11.3 Å². The summed E-state index contributed by atoms with van der Waals surface area (Å²) in [5.41, 5.74) is 1.72. The summed E-state index contributed by atoms with van der Waals surface area (Å²) in [6, 6.07) is 1.02. The first-order valence-corrected chi connectivity index (χ1v) is 9.98. The first-order chi connectivity index (χ1) is 10.00. The van der Waals surface area contributed by atoms with E-state index in [2.05, 4.69) is 49.8 Å². The van der Waals surface area contributed by atoms with E-state index in [1.54, 1.807) is 0 Å². The van der Waals surface area contributed by atoms with E-state index in [0.717, 1.165) is 13.0 Å². The smallest absolute Gasteiger partial charge is 0.111 e. The number of fused-ring (bicyclic) bond motifs is 1. The molecule has 0 spiro atoms. The molecule has 2 heterocycles. The SMILES string of the molecule is CCNC1CC(C)(C)Cc2nc(C3CSCCN3C)sc21. The minimum absolute atomic E-state index is 0.360. The van der Waals surface area contributed by atoms with Gasteiger partial charge in [-0.2, -0.15) is 11.8 Å². The van der Waals surface area contributed by atoms with Gasteiger partial charge < -0.3 is 5.32 Å². The highest BCUT2D eigenvalue weighted by Gasteiger charge is 2.36. The Hall–Kier alpha value is -0.100. The van der Waals surface area contributed by atoms with E-state index in [4.69, 9.17) is 4.98 Å². The van der Waals surface area contributed by atoms with Crippen molar-refractivity contribution in [1.82, 2.24) is 15.2 Å². The van der Waals surface area contributed by atoms with Crippen LogP contribution in [0, 0.1) is 5.41 Å². The van der Waals surface area contributed by atoms with Gasteiger partial charge in [0.2, 0.25) is 0 Å². The Morgan fingerprint density at radius 1 is 1.43 bits per heavy atom. The van der Waals surface area contributed by atoms with Crippen LogP contribution >= 0.6 is 23.1 Å². The molecule has 2 atom stereocenters. The lowest BCUT2D eigenvalue weighted by atomic mass is 9.76. The molecule has 1 saturated heterocycles. The third-order valence-corrected chi connectivity index (χ3v) is 6.93. The summed E-state index contributed by atoms with van der Waals surface area (Å²) >= 11 is 4.03. The first-order valence-electron chi connectivity index (χ1n) is 8.01. The maximum Gasteiger partial charge on any atom is 0.111 e. The van der Waals surface area contributed by atoms with Crippen molar-refractivity contribution in [2.45, 2.75) is 45.7 Å². The molecule has 2 aliphatic rings. The van der Waals surface area contributed by atoms with Gasteiger partial charge in [0.1, 0.15) is 5.01 Å². The number of nitrogens with zero attached hydrogens (tertiary/aromatic N) is 2. The van der Waals surface area contributed by atoms with Crippen molar-refractivity contribution in [2.75, 3.05) is 31.6 Å². The lowest BCUT2D eigenvalue weighted by Crippen LogP contribution is -2.33. The molecule has 0 aromatic carbocycles. The van der Waals surface area contributed by atoms with Crippen LogP contribution in [0.3, 0.4) is 0 Å². The molecule has 1 aromatic rings.